The number of halogens is 4. The number of benzene rings is 2. The number of hydrogen-bond acceptors (Lipinski definition) is 9. The lowest BCUT2D eigenvalue weighted by molar-refractivity contribution is 0.107. The van der Waals surface area contributed by atoms with Crippen molar-refractivity contribution in [1.29, 1.82) is 0 Å². The van der Waals surface area contributed by atoms with Crippen LogP contribution in [0, 0.1) is 11.6 Å². The smallest absolute Gasteiger partial charge is 0.319 e. The van der Waals surface area contributed by atoms with E-state index in [1.807, 2.05) is 0 Å². The van der Waals surface area contributed by atoms with Crippen molar-refractivity contribution in [1.82, 2.24) is 30.2 Å². The molecule has 4 aliphatic heterocycles. The van der Waals surface area contributed by atoms with Crippen LogP contribution >= 0.6 is 11.6 Å². The number of alkyl halides is 1. The highest BCUT2D eigenvalue weighted by atomic mass is 35.5. The van der Waals surface area contributed by atoms with E-state index >= 15 is 8.78 Å². The zero-order chi connectivity index (χ0) is 30.4. The summed E-state index contributed by atoms with van der Waals surface area (Å²) in [6.07, 6.45) is 3.19. The molecule has 2 bridgehead atoms. The summed E-state index contributed by atoms with van der Waals surface area (Å²) in [5, 5.41) is 4.39. The van der Waals surface area contributed by atoms with Gasteiger partial charge >= 0.3 is 6.01 Å². The molecular formula is C31H32ClF3N8O. The van der Waals surface area contributed by atoms with E-state index in [0.29, 0.717) is 37.4 Å². The maximum atomic E-state index is 16.8. The highest BCUT2D eigenvalue weighted by Crippen LogP contribution is 2.43. The molecule has 0 aliphatic carbocycles. The monoisotopic (exact) mass is 624 g/mol. The molecule has 4 aliphatic rings. The number of nitrogens with zero attached hydrogens (tertiary/aromatic N) is 6. The molecule has 4 saturated heterocycles. The van der Waals surface area contributed by atoms with Crippen molar-refractivity contribution in [3.63, 3.8) is 0 Å². The van der Waals surface area contributed by atoms with Gasteiger partial charge in [0, 0.05) is 48.4 Å². The number of nitrogen functional groups attached to an aromatic ring is 1. The molecule has 230 valence electrons. The molecule has 8 rings (SSSR count). The second kappa shape index (κ2) is 10.0. The van der Waals surface area contributed by atoms with Crippen LogP contribution in [-0.2, 0) is 0 Å². The zero-order valence-corrected chi connectivity index (χ0v) is 25.0. The minimum Gasteiger partial charge on any atom is -0.461 e. The number of nitrogens with two attached hydrogens (primary N) is 1. The molecule has 3 N–H and O–H groups in total. The summed E-state index contributed by atoms with van der Waals surface area (Å²) in [6.45, 7) is 4.74. The predicted molar refractivity (Wildman–Crippen MR) is 163 cm³/mol. The van der Waals surface area contributed by atoms with Crippen molar-refractivity contribution in [3.05, 3.63) is 40.9 Å². The van der Waals surface area contributed by atoms with Gasteiger partial charge in [0.25, 0.3) is 0 Å². The van der Waals surface area contributed by atoms with Gasteiger partial charge in [-0.2, -0.15) is 9.97 Å². The molecule has 0 amide bonds. The number of rotatable bonds is 5. The molecule has 2 aromatic heterocycles. The minimum atomic E-state index is -0.928. The highest BCUT2D eigenvalue weighted by molar-refractivity contribution is 6.36. The van der Waals surface area contributed by atoms with Crippen molar-refractivity contribution in [2.45, 2.75) is 62.3 Å². The molecule has 4 aromatic rings. The van der Waals surface area contributed by atoms with Crippen LogP contribution in [0.15, 0.2) is 24.3 Å². The van der Waals surface area contributed by atoms with Gasteiger partial charge in [-0.1, -0.05) is 17.7 Å². The predicted octanol–water partition coefficient (Wildman–Crippen LogP) is 5.04. The van der Waals surface area contributed by atoms with Gasteiger partial charge in [-0.3, -0.25) is 4.90 Å². The second-order valence-corrected chi connectivity index (χ2v) is 13.4. The first kappa shape index (κ1) is 28.0. The summed E-state index contributed by atoms with van der Waals surface area (Å²) < 4.78 is 53.6. The zero-order valence-electron chi connectivity index (χ0n) is 24.2. The van der Waals surface area contributed by atoms with Crippen LogP contribution in [0.4, 0.5) is 24.9 Å². The lowest BCUT2D eigenvalue weighted by Crippen LogP contribution is -2.58. The van der Waals surface area contributed by atoms with E-state index in [9.17, 15) is 4.39 Å². The molecule has 2 aromatic carbocycles. The van der Waals surface area contributed by atoms with Gasteiger partial charge in [0.2, 0.25) is 5.95 Å². The fourth-order valence-electron chi connectivity index (χ4n) is 7.98. The molecule has 44 heavy (non-hydrogen) atoms. The molecule has 4 fully saturated rings. The van der Waals surface area contributed by atoms with E-state index in [1.165, 1.54) is 6.07 Å². The summed E-state index contributed by atoms with van der Waals surface area (Å²) in [4.78, 5) is 21.9. The lowest BCUT2D eigenvalue weighted by Gasteiger charge is -2.40. The Morgan fingerprint density at radius 3 is 2.86 bits per heavy atom. The van der Waals surface area contributed by atoms with E-state index in [4.69, 9.17) is 27.1 Å². The molecule has 0 saturated carbocycles. The first-order chi connectivity index (χ1) is 21.1. The third-order valence-electron chi connectivity index (χ3n) is 9.88. The maximum Gasteiger partial charge on any atom is 0.319 e. The average molecular weight is 625 g/mol. The summed E-state index contributed by atoms with van der Waals surface area (Å²) in [5.41, 5.74) is 5.14. The quantitative estimate of drug-likeness (QED) is 0.316. The van der Waals surface area contributed by atoms with Gasteiger partial charge in [-0.15, -0.1) is 0 Å². The number of ether oxygens (including phenoxy) is 1. The van der Waals surface area contributed by atoms with Crippen molar-refractivity contribution in [2.75, 3.05) is 43.4 Å². The molecule has 0 spiro atoms. The topological polar surface area (TPSA) is 105 Å². The van der Waals surface area contributed by atoms with E-state index < -0.39 is 28.9 Å². The third kappa shape index (κ3) is 4.44. The number of anilines is 2. The number of aromatic nitrogens is 4. The number of nitrogens with one attached hydrogen (secondary N) is 1. The Hall–Kier alpha value is -3.48. The van der Waals surface area contributed by atoms with Gasteiger partial charge in [0.05, 0.1) is 27.3 Å². The van der Waals surface area contributed by atoms with Crippen molar-refractivity contribution in [2.24, 2.45) is 0 Å². The first-order valence-corrected chi connectivity index (χ1v) is 15.5. The number of hydrogen-bond donors (Lipinski definition) is 2. The fraction of sp³-hybridized carbons (Fsp3) is 0.484. The van der Waals surface area contributed by atoms with Crippen LogP contribution in [0.5, 0.6) is 6.01 Å². The third-order valence-corrected chi connectivity index (χ3v) is 10.2. The Balaban J connectivity index is 1.29. The van der Waals surface area contributed by atoms with Gasteiger partial charge in [0.15, 0.2) is 5.82 Å². The Morgan fingerprint density at radius 1 is 1.16 bits per heavy atom. The molecule has 13 heteroatoms. The van der Waals surface area contributed by atoms with Gasteiger partial charge in [0.1, 0.15) is 29.9 Å². The van der Waals surface area contributed by atoms with E-state index in [-0.39, 0.29) is 57.2 Å². The van der Waals surface area contributed by atoms with Crippen LogP contribution in [0.25, 0.3) is 33.1 Å². The van der Waals surface area contributed by atoms with Gasteiger partial charge in [-0.05, 0) is 57.4 Å². The molecule has 0 radical (unpaired) electrons. The summed E-state index contributed by atoms with van der Waals surface area (Å²) in [6, 6.07) is 6.38. The normalized spacial score (nSPS) is 28.3. The van der Waals surface area contributed by atoms with Crippen LogP contribution in [0.1, 0.15) is 39.0 Å². The molecular weight excluding hydrogens is 593 g/mol. The number of fused-ring (bicyclic) bond motifs is 5. The summed E-state index contributed by atoms with van der Waals surface area (Å²) >= 11 is 6.49. The van der Waals surface area contributed by atoms with Crippen molar-refractivity contribution >= 4 is 45.2 Å². The van der Waals surface area contributed by atoms with Gasteiger partial charge < -0.3 is 20.7 Å². The van der Waals surface area contributed by atoms with Crippen LogP contribution in [0.3, 0.4) is 0 Å². The first-order valence-electron chi connectivity index (χ1n) is 15.1. The molecule has 4 atom stereocenters. The van der Waals surface area contributed by atoms with Crippen LogP contribution < -0.4 is 20.7 Å². The molecule has 9 nitrogen and oxygen atoms in total. The Labute approximate surface area is 257 Å². The van der Waals surface area contributed by atoms with Crippen molar-refractivity contribution in [3.8, 4) is 17.3 Å². The van der Waals surface area contributed by atoms with E-state index in [2.05, 4.69) is 37.0 Å². The summed E-state index contributed by atoms with van der Waals surface area (Å²) in [7, 11) is 0. The summed E-state index contributed by atoms with van der Waals surface area (Å²) in [5.74, 6) is -1.52. The van der Waals surface area contributed by atoms with Gasteiger partial charge in [-0.25, -0.2) is 23.1 Å². The minimum absolute atomic E-state index is 0.0337. The highest BCUT2D eigenvalue weighted by Gasteiger charge is 2.49. The largest absolute Gasteiger partial charge is 0.461 e. The maximum absolute atomic E-state index is 16.8. The second-order valence-electron chi connectivity index (χ2n) is 13.0. The fourth-order valence-corrected chi connectivity index (χ4v) is 8.23. The van der Waals surface area contributed by atoms with Crippen LogP contribution in [0.2, 0.25) is 5.02 Å². The van der Waals surface area contributed by atoms with E-state index in [0.717, 1.165) is 32.2 Å². The molecule has 1 unspecified atom stereocenters. The Bertz CT molecular complexity index is 1830. The lowest BCUT2D eigenvalue weighted by atomic mass is 9.95. The number of piperazine rings is 1. The Morgan fingerprint density at radius 2 is 2.02 bits per heavy atom. The average Bonchev–Trinajstić information content (AvgIpc) is 3.59. The molecule has 6 heterocycles. The standard InChI is InChI=1S/C31H32ClF3N8O/c1-30-8-6-17(41-30)13-42(14-30)27-18-10-20(34)23(26-22-19(32)4-2-5-21(22)37-28(36)38-26)24(35)25(18)39-29(40-27)44-15-31-7-3-9-43(31)12-16(33)11-31/h2,4-5,10,16-17,41H,3,6-9,11-15H2,1H3,(H2,36,37,38)/t16-,17?,30+,31+/m1/s1. The van der Waals surface area contributed by atoms with E-state index in [1.54, 1.807) is 18.2 Å². The van der Waals surface area contributed by atoms with Crippen LogP contribution in [-0.4, -0.2) is 80.9 Å². The Kier molecular flexibility index (Phi) is 6.38. The SMILES string of the molecule is C[C@]12CCC(CN(c3nc(OC[C@@]45CCCN4C[C@H](F)C5)nc4c(F)c(-c5nc(N)nc6cccc(Cl)c56)c(F)cc34)C1)N2. The van der Waals surface area contributed by atoms with Crippen molar-refractivity contribution < 1.29 is 17.9 Å².